The van der Waals surface area contributed by atoms with Crippen LogP contribution in [0, 0.1) is 13.7 Å². The minimum absolute atomic E-state index is 0.0938. The third kappa shape index (κ3) is 3.57. The Balaban J connectivity index is 2.12. The summed E-state index contributed by atoms with van der Waals surface area (Å²) < 4.78 is 6.65. The maximum Gasteiger partial charge on any atom is 0.292 e. The predicted molar refractivity (Wildman–Crippen MR) is 81.0 cm³/mol. The van der Waals surface area contributed by atoms with Crippen LogP contribution in [0.15, 0.2) is 42.5 Å². The van der Waals surface area contributed by atoms with Gasteiger partial charge in [-0.3, -0.25) is 10.1 Å². The number of hydrogen-bond donors (Lipinski definition) is 1. The number of nitro groups is 1. The van der Waals surface area contributed by atoms with Crippen molar-refractivity contribution in [2.24, 2.45) is 0 Å². The molecular formula is C13H11IN2O3. The highest BCUT2D eigenvalue weighted by Gasteiger charge is 2.11. The number of nitrogen functional groups attached to an aromatic ring is 1. The maximum absolute atomic E-state index is 10.8. The summed E-state index contributed by atoms with van der Waals surface area (Å²) in [5.41, 5.74) is 6.30. The van der Waals surface area contributed by atoms with Gasteiger partial charge in [0.1, 0.15) is 18.0 Å². The van der Waals surface area contributed by atoms with Gasteiger partial charge in [0.15, 0.2) is 0 Å². The van der Waals surface area contributed by atoms with Crippen molar-refractivity contribution in [1.82, 2.24) is 0 Å². The van der Waals surface area contributed by atoms with E-state index in [9.17, 15) is 10.1 Å². The summed E-state index contributed by atoms with van der Waals surface area (Å²) in [6.07, 6.45) is 0. The lowest BCUT2D eigenvalue weighted by molar-refractivity contribution is -0.384. The Hall–Kier alpha value is -1.83. The van der Waals surface area contributed by atoms with Gasteiger partial charge in [0.25, 0.3) is 5.69 Å². The molecule has 0 aliphatic rings. The number of nitrogens with two attached hydrogens (primary N) is 1. The molecule has 0 unspecified atom stereocenters. The van der Waals surface area contributed by atoms with Crippen LogP contribution in [0.3, 0.4) is 0 Å². The quantitative estimate of drug-likeness (QED) is 0.388. The van der Waals surface area contributed by atoms with Crippen molar-refractivity contribution in [2.45, 2.75) is 6.61 Å². The van der Waals surface area contributed by atoms with E-state index in [-0.39, 0.29) is 18.0 Å². The zero-order valence-corrected chi connectivity index (χ0v) is 12.0. The lowest BCUT2D eigenvalue weighted by Gasteiger charge is -2.07. The lowest BCUT2D eigenvalue weighted by atomic mass is 10.2. The van der Waals surface area contributed by atoms with Crippen LogP contribution in [-0.2, 0) is 6.61 Å². The second-order valence-electron chi connectivity index (χ2n) is 3.90. The Morgan fingerprint density at radius 2 is 2.05 bits per heavy atom. The molecule has 2 N–H and O–H groups in total. The minimum Gasteiger partial charge on any atom is -0.489 e. The van der Waals surface area contributed by atoms with Gasteiger partial charge in [0.2, 0.25) is 0 Å². The monoisotopic (exact) mass is 370 g/mol. The van der Waals surface area contributed by atoms with Gasteiger partial charge >= 0.3 is 0 Å². The fraction of sp³-hybridized carbons (Fsp3) is 0.0769. The molecule has 2 aromatic rings. The third-order valence-corrected chi connectivity index (χ3v) is 3.16. The fourth-order valence-corrected chi connectivity index (χ4v) is 2.08. The average Bonchev–Trinajstić information content (AvgIpc) is 2.37. The van der Waals surface area contributed by atoms with Crippen LogP contribution in [0.25, 0.3) is 0 Å². The highest BCUT2D eigenvalue weighted by atomic mass is 127. The summed E-state index contributed by atoms with van der Waals surface area (Å²) in [6, 6.07) is 12.3. The molecule has 0 aliphatic heterocycles. The molecule has 2 rings (SSSR count). The summed E-state index contributed by atoms with van der Waals surface area (Å²) in [5.74, 6) is 0.728. The van der Waals surface area contributed by atoms with Crippen molar-refractivity contribution < 1.29 is 9.66 Å². The van der Waals surface area contributed by atoms with Gasteiger partial charge in [-0.05, 0) is 52.4 Å². The molecular weight excluding hydrogens is 359 g/mol. The van der Waals surface area contributed by atoms with Crippen molar-refractivity contribution in [1.29, 1.82) is 0 Å². The summed E-state index contributed by atoms with van der Waals surface area (Å²) in [6.45, 7) is 0.265. The molecule has 19 heavy (non-hydrogen) atoms. The Kier molecular flexibility index (Phi) is 4.20. The minimum atomic E-state index is -0.496. The summed E-state index contributed by atoms with van der Waals surface area (Å²) in [4.78, 5) is 10.3. The van der Waals surface area contributed by atoms with Gasteiger partial charge in [0, 0.05) is 9.64 Å². The van der Waals surface area contributed by atoms with Crippen LogP contribution in [-0.4, -0.2) is 4.92 Å². The van der Waals surface area contributed by atoms with E-state index in [1.807, 2.05) is 24.3 Å². The van der Waals surface area contributed by atoms with Gasteiger partial charge in [0.05, 0.1) is 4.92 Å². The van der Waals surface area contributed by atoms with E-state index in [1.54, 1.807) is 6.07 Å². The summed E-state index contributed by atoms with van der Waals surface area (Å²) in [5, 5.41) is 10.8. The topological polar surface area (TPSA) is 78.4 Å². The predicted octanol–water partition coefficient (Wildman–Crippen LogP) is 3.36. The second kappa shape index (κ2) is 5.87. The number of nitrogens with zero attached hydrogens (tertiary/aromatic N) is 1. The molecule has 2 aromatic carbocycles. The molecule has 0 heterocycles. The number of benzene rings is 2. The highest BCUT2D eigenvalue weighted by Crippen LogP contribution is 2.23. The maximum atomic E-state index is 10.8. The molecule has 0 atom stereocenters. The molecule has 0 radical (unpaired) electrons. The Labute approximate surface area is 123 Å². The Morgan fingerprint density at radius 1 is 1.26 bits per heavy atom. The van der Waals surface area contributed by atoms with Crippen molar-refractivity contribution in [2.75, 3.05) is 5.73 Å². The Morgan fingerprint density at radius 3 is 2.74 bits per heavy atom. The zero-order chi connectivity index (χ0) is 13.8. The van der Waals surface area contributed by atoms with Gasteiger partial charge in [-0.25, -0.2) is 0 Å². The average molecular weight is 370 g/mol. The molecule has 0 aromatic heterocycles. The largest absolute Gasteiger partial charge is 0.489 e. The summed E-state index contributed by atoms with van der Waals surface area (Å²) in [7, 11) is 0. The van der Waals surface area contributed by atoms with Crippen molar-refractivity contribution in [3.05, 3.63) is 61.7 Å². The molecule has 6 heteroatoms. The molecule has 0 fully saturated rings. The first kappa shape index (κ1) is 13.6. The molecule has 0 saturated heterocycles. The molecule has 0 aliphatic carbocycles. The number of rotatable bonds is 4. The van der Waals surface area contributed by atoms with Crippen LogP contribution in [0.4, 0.5) is 11.4 Å². The first-order chi connectivity index (χ1) is 9.06. The normalized spacial score (nSPS) is 10.2. The number of nitro benzene ring substituents is 1. The van der Waals surface area contributed by atoms with E-state index in [0.29, 0.717) is 5.56 Å². The smallest absolute Gasteiger partial charge is 0.292 e. The standard InChI is InChI=1S/C13H11IN2O3/c14-10-2-1-3-11(7-10)19-8-9-4-5-12(15)13(6-9)16(17)18/h1-7H,8,15H2. The van der Waals surface area contributed by atoms with E-state index in [0.717, 1.165) is 9.32 Å². The van der Waals surface area contributed by atoms with Crippen molar-refractivity contribution in [3.8, 4) is 5.75 Å². The number of ether oxygens (including phenoxy) is 1. The van der Waals surface area contributed by atoms with Crippen LogP contribution >= 0.6 is 22.6 Å². The van der Waals surface area contributed by atoms with Crippen LogP contribution in [0.1, 0.15) is 5.56 Å². The molecule has 0 bridgehead atoms. The first-order valence-electron chi connectivity index (χ1n) is 5.47. The van der Waals surface area contributed by atoms with E-state index in [4.69, 9.17) is 10.5 Å². The van der Waals surface area contributed by atoms with E-state index >= 15 is 0 Å². The third-order valence-electron chi connectivity index (χ3n) is 2.49. The lowest BCUT2D eigenvalue weighted by Crippen LogP contribution is -2.00. The number of anilines is 1. The van der Waals surface area contributed by atoms with E-state index < -0.39 is 4.92 Å². The molecule has 0 amide bonds. The molecule has 0 spiro atoms. The van der Waals surface area contributed by atoms with Crippen LogP contribution in [0.2, 0.25) is 0 Å². The van der Waals surface area contributed by atoms with Crippen molar-refractivity contribution in [3.63, 3.8) is 0 Å². The van der Waals surface area contributed by atoms with Gasteiger partial charge in [-0.1, -0.05) is 12.1 Å². The van der Waals surface area contributed by atoms with E-state index in [2.05, 4.69) is 22.6 Å². The number of hydrogen-bond acceptors (Lipinski definition) is 4. The van der Waals surface area contributed by atoms with E-state index in [1.165, 1.54) is 12.1 Å². The zero-order valence-electron chi connectivity index (χ0n) is 9.88. The van der Waals surface area contributed by atoms with Crippen LogP contribution in [0.5, 0.6) is 5.75 Å². The Bertz CT molecular complexity index is 617. The molecule has 5 nitrogen and oxygen atoms in total. The second-order valence-corrected chi connectivity index (χ2v) is 5.14. The number of halogens is 1. The highest BCUT2D eigenvalue weighted by molar-refractivity contribution is 14.1. The molecule has 0 saturated carbocycles. The van der Waals surface area contributed by atoms with Gasteiger partial charge in [-0.15, -0.1) is 0 Å². The van der Waals surface area contributed by atoms with Gasteiger partial charge in [-0.2, -0.15) is 0 Å². The van der Waals surface area contributed by atoms with Crippen molar-refractivity contribution >= 4 is 34.0 Å². The summed E-state index contributed by atoms with van der Waals surface area (Å²) >= 11 is 2.19. The fourth-order valence-electron chi connectivity index (χ4n) is 1.56. The van der Waals surface area contributed by atoms with Gasteiger partial charge < -0.3 is 10.5 Å². The first-order valence-corrected chi connectivity index (χ1v) is 6.55. The van der Waals surface area contributed by atoms with Crippen LogP contribution < -0.4 is 10.5 Å². The molecule has 98 valence electrons. The SMILES string of the molecule is Nc1ccc(COc2cccc(I)c2)cc1[N+](=O)[O-].